The zero-order valence-corrected chi connectivity index (χ0v) is 9.35. The number of aromatic amines is 1. The minimum Gasteiger partial charge on any atom is -0.339 e. The molecule has 2 aliphatic rings. The van der Waals surface area contributed by atoms with Crippen LogP contribution in [-0.2, 0) is 9.59 Å². The summed E-state index contributed by atoms with van der Waals surface area (Å²) in [5.41, 5.74) is 0.646. The number of rotatable bonds is 3. The predicted molar refractivity (Wildman–Crippen MR) is 60.1 cm³/mol. The van der Waals surface area contributed by atoms with Crippen LogP contribution in [0.4, 0.5) is 5.69 Å². The van der Waals surface area contributed by atoms with Gasteiger partial charge in [0.2, 0.25) is 11.8 Å². The van der Waals surface area contributed by atoms with Crippen LogP contribution in [0.15, 0.2) is 12.4 Å². The van der Waals surface area contributed by atoms with Gasteiger partial charge in [-0.1, -0.05) is 0 Å². The van der Waals surface area contributed by atoms with Crippen LogP contribution in [0.1, 0.15) is 19.3 Å². The highest BCUT2D eigenvalue weighted by Crippen LogP contribution is 2.32. The number of amides is 2. The van der Waals surface area contributed by atoms with E-state index in [1.54, 1.807) is 12.4 Å². The Balaban J connectivity index is 1.61. The maximum absolute atomic E-state index is 11.9. The summed E-state index contributed by atoms with van der Waals surface area (Å²) in [6, 6.07) is 0.397. The number of H-pyrrole nitrogens is 1. The fourth-order valence-corrected chi connectivity index (χ4v) is 2.21. The molecule has 3 rings (SSSR count). The van der Waals surface area contributed by atoms with Gasteiger partial charge in [0.25, 0.3) is 0 Å². The second-order valence-electron chi connectivity index (χ2n) is 4.65. The van der Waals surface area contributed by atoms with Crippen LogP contribution < -0.4 is 5.32 Å². The molecule has 2 heterocycles. The van der Waals surface area contributed by atoms with Crippen molar-refractivity contribution in [2.24, 2.45) is 5.92 Å². The number of nitrogens with zero attached hydrogens (tertiary/aromatic N) is 2. The van der Waals surface area contributed by atoms with Gasteiger partial charge in [-0.2, -0.15) is 5.10 Å². The van der Waals surface area contributed by atoms with E-state index in [1.165, 1.54) is 0 Å². The number of carbonyl (C=O) groups is 2. The summed E-state index contributed by atoms with van der Waals surface area (Å²) in [6.45, 7) is 0.563. The molecule has 2 fully saturated rings. The Morgan fingerprint density at radius 1 is 1.53 bits per heavy atom. The lowest BCUT2D eigenvalue weighted by molar-refractivity contribution is -0.128. The van der Waals surface area contributed by atoms with Gasteiger partial charge in [-0.05, 0) is 12.8 Å². The Labute approximate surface area is 98.4 Å². The molecule has 1 saturated carbocycles. The molecule has 0 radical (unpaired) electrons. The Hall–Kier alpha value is -1.85. The Morgan fingerprint density at radius 2 is 2.35 bits per heavy atom. The molecule has 2 amide bonds. The van der Waals surface area contributed by atoms with Crippen molar-refractivity contribution < 1.29 is 9.59 Å². The predicted octanol–water partition coefficient (Wildman–Crippen LogP) is 0.359. The Bertz CT molecular complexity index is 438. The van der Waals surface area contributed by atoms with Gasteiger partial charge < -0.3 is 10.2 Å². The van der Waals surface area contributed by atoms with Gasteiger partial charge in [0.05, 0.1) is 17.8 Å². The van der Waals surface area contributed by atoms with E-state index in [2.05, 4.69) is 15.5 Å². The lowest BCUT2D eigenvalue weighted by Crippen LogP contribution is -2.29. The first kappa shape index (κ1) is 10.3. The van der Waals surface area contributed by atoms with Crippen molar-refractivity contribution in [1.82, 2.24) is 15.1 Å². The largest absolute Gasteiger partial charge is 0.339 e. The van der Waals surface area contributed by atoms with Gasteiger partial charge in [-0.25, -0.2) is 0 Å². The number of hydrogen-bond acceptors (Lipinski definition) is 3. The number of carbonyl (C=O) groups excluding carboxylic acids is 2. The van der Waals surface area contributed by atoms with Crippen LogP contribution in [0.5, 0.6) is 0 Å². The van der Waals surface area contributed by atoms with E-state index in [1.807, 2.05) is 4.90 Å². The third-order valence-corrected chi connectivity index (χ3v) is 3.28. The molecule has 90 valence electrons. The normalized spacial score (nSPS) is 24.1. The average Bonchev–Trinajstić information content (AvgIpc) is 2.87. The molecule has 1 aromatic rings. The molecule has 6 heteroatoms. The fourth-order valence-electron chi connectivity index (χ4n) is 2.21. The number of aromatic nitrogens is 2. The highest BCUT2D eigenvalue weighted by atomic mass is 16.2. The van der Waals surface area contributed by atoms with Gasteiger partial charge in [0.15, 0.2) is 0 Å². The zero-order valence-electron chi connectivity index (χ0n) is 9.35. The van der Waals surface area contributed by atoms with Crippen molar-refractivity contribution in [1.29, 1.82) is 0 Å². The minimum atomic E-state index is -0.224. The fraction of sp³-hybridized carbons (Fsp3) is 0.545. The quantitative estimate of drug-likeness (QED) is 0.792. The standard InChI is InChI=1S/C11H14N4O2/c16-10-3-7(6-15(10)9-1-2-9)11(17)14-8-4-12-13-5-8/h4-5,7,9H,1-3,6H2,(H,12,13)(H,14,17). The smallest absolute Gasteiger partial charge is 0.229 e. The molecule has 1 atom stereocenters. The SMILES string of the molecule is O=C(Nc1cn[nH]c1)C1CC(=O)N(C2CC2)C1. The lowest BCUT2D eigenvalue weighted by atomic mass is 10.1. The lowest BCUT2D eigenvalue weighted by Gasteiger charge is -2.14. The first-order valence-corrected chi connectivity index (χ1v) is 5.83. The van der Waals surface area contributed by atoms with E-state index < -0.39 is 0 Å². The molecular weight excluding hydrogens is 220 g/mol. The second kappa shape index (κ2) is 3.87. The maximum atomic E-state index is 11.9. The molecule has 0 aromatic carbocycles. The van der Waals surface area contributed by atoms with E-state index in [4.69, 9.17) is 0 Å². The third kappa shape index (κ3) is 2.02. The summed E-state index contributed by atoms with van der Waals surface area (Å²) in [4.78, 5) is 25.5. The van der Waals surface area contributed by atoms with Crippen LogP contribution in [0.2, 0.25) is 0 Å². The minimum absolute atomic E-state index is 0.0945. The molecule has 0 bridgehead atoms. The Kier molecular flexibility index (Phi) is 2.35. The summed E-state index contributed by atoms with van der Waals surface area (Å²) >= 11 is 0. The first-order chi connectivity index (χ1) is 8.24. The molecule has 1 aromatic heterocycles. The topological polar surface area (TPSA) is 78.1 Å². The molecule has 2 N–H and O–H groups in total. The van der Waals surface area contributed by atoms with E-state index in [-0.39, 0.29) is 17.7 Å². The van der Waals surface area contributed by atoms with Gasteiger partial charge >= 0.3 is 0 Å². The second-order valence-corrected chi connectivity index (χ2v) is 4.65. The maximum Gasteiger partial charge on any atom is 0.229 e. The summed E-state index contributed by atoms with van der Waals surface area (Å²) < 4.78 is 0. The summed E-state index contributed by atoms with van der Waals surface area (Å²) in [5.74, 6) is -0.208. The van der Waals surface area contributed by atoms with Crippen molar-refractivity contribution in [3.63, 3.8) is 0 Å². The monoisotopic (exact) mass is 234 g/mol. The number of nitrogens with one attached hydrogen (secondary N) is 2. The van der Waals surface area contributed by atoms with E-state index in [9.17, 15) is 9.59 Å². The van der Waals surface area contributed by atoms with Crippen molar-refractivity contribution in [3.8, 4) is 0 Å². The molecule has 1 unspecified atom stereocenters. The average molecular weight is 234 g/mol. The van der Waals surface area contributed by atoms with Crippen molar-refractivity contribution in [2.45, 2.75) is 25.3 Å². The van der Waals surface area contributed by atoms with E-state index in [0.717, 1.165) is 12.8 Å². The summed E-state index contributed by atoms with van der Waals surface area (Å²) in [5, 5.41) is 9.14. The van der Waals surface area contributed by atoms with Crippen LogP contribution >= 0.6 is 0 Å². The molecule has 17 heavy (non-hydrogen) atoms. The molecule has 6 nitrogen and oxygen atoms in total. The molecule has 1 saturated heterocycles. The molecule has 1 aliphatic carbocycles. The summed E-state index contributed by atoms with van der Waals surface area (Å²) in [7, 11) is 0. The van der Waals surface area contributed by atoms with Crippen LogP contribution in [0.25, 0.3) is 0 Å². The van der Waals surface area contributed by atoms with Crippen LogP contribution in [0.3, 0.4) is 0 Å². The van der Waals surface area contributed by atoms with Gasteiger partial charge in [0, 0.05) is 25.2 Å². The molecule has 1 aliphatic heterocycles. The Morgan fingerprint density at radius 3 is 3.00 bits per heavy atom. The first-order valence-electron chi connectivity index (χ1n) is 5.83. The number of likely N-dealkylation sites (tertiary alicyclic amines) is 1. The van der Waals surface area contributed by atoms with Crippen molar-refractivity contribution in [3.05, 3.63) is 12.4 Å². The van der Waals surface area contributed by atoms with Crippen LogP contribution in [-0.4, -0.2) is 39.5 Å². The number of hydrogen-bond donors (Lipinski definition) is 2. The van der Waals surface area contributed by atoms with Gasteiger partial charge in [-0.15, -0.1) is 0 Å². The van der Waals surface area contributed by atoms with E-state index in [0.29, 0.717) is 24.7 Å². The molecular formula is C11H14N4O2. The third-order valence-electron chi connectivity index (χ3n) is 3.28. The van der Waals surface area contributed by atoms with Crippen LogP contribution in [0, 0.1) is 5.92 Å². The zero-order chi connectivity index (χ0) is 11.8. The van der Waals surface area contributed by atoms with Crippen molar-refractivity contribution in [2.75, 3.05) is 11.9 Å². The van der Waals surface area contributed by atoms with Gasteiger partial charge in [-0.3, -0.25) is 14.7 Å². The molecule has 0 spiro atoms. The highest BCUT2D eigenvalue weighted by molar-refractivity contribution is 5.97. The number of anilines is 1. The highest BCUT2D eigenvalue weighted by Gasteiger charge is 2.41. The van der Waals surface area contributed by atoms with Crippen molar-refractivity contribution >= 4 is 17.5 Å². The van der Waals surface area contributed by atoms with E-state index >= 15 is 0 Å². The summed E-state index contributed by atoms with van der Waals surface area (Å²) in [6.07, 6.45) is 5.67. The van der Waals surface area contributed by atoms with Gasteiger partial charge in [0.1, 0.15) is 0 Å².